The van der Waals surface area contributed by atoms with Crippen LogP contribution in [0, 0.1) is 5.82 Å². The molecular weight excluding hydrogens is 271 g/mol. The maximum absolute atomic E-state index is 13.0. The second-order valence-electron chi connectivity index (χ2n) is 3.84. The van der Waals surface area contributed by atoms with Crippen molar-refractivity contribution >= 4 is 11.6 Å². The van der Waals surface area contributed by atoms with E-state index in [2.05, 4.69) is 10.1 Å². The number of nitrogens with one attached hydrogen (secondary N) is 1. The first-order valence-electron chi connectivity index (χ1n) is 5.67. The van der Waals surface area contributed by atoms with Crippen LogP contribution in [-0.2, 0) is 0 Å². The van der Waals surface area contributed by atoms with Crippen molar-refractivity contribution in [3.8, 4) is 5.75 Å². The molecule has 2 rings (SSSR count). The van der Waals surface area contributed by atoms with Gasteiger partial charge >= 0.3 is 6.61 Å². The van der Waals surface area contributed by atoms with E-state index in [1.54, 1.807) is 6.07 Å². The van der Waals surface area contributed by atoms with Gasteiger partial charge in [0.25, 0.3) is 5.91 Å². The summed E-state index contributed by atoms with van der Waals surface area (Å²) < 4.78 is 41.8. The largest absolute Gasteiger partial charge is 0.433 e. The van der Waals surface area contributed by atoms with Gasteiger partial charge in [-0.15, -0.1) is 0 Å². The third kappa shape index (κ3) is 3.50. The molecule has 0 unspecified atom stereocenters. The number of hydrogen-bond donors (Lipinski definition) is 1. The molecule has 2 aromatic carbocycles. The fourth-order valence-electron chi connectivity index (χ4n) is 1.59. The van der Waals surface area contributed by atoms with E-state index in [1.165, 1.54) is 36.4 Å². The lowest BCUT2D eigenvalue weighted by molar-refractivity contribution is -0.0493. The van der Waals surface area contributed by atoms with Crippen LogP contribution in [0.15, 0.2) is 48.5 Å². The second kappa shape index (κ2) is 6.10. The van der Waals surface area contributed by atoms with E-state index in [0.717, 1.165) is 6.07 Å². The number of carbonyl (C=O) groups excluding carboxylic acids is 1. The van der Waals surface area contributed by atoms with E-state index < -0.39 is 18.3 Å². The molecule has 2 aromatic rings. The fourth-order valence-corrected chi connectivity index (χ4v) is 1.59. The number of ether oxygens (including phenoxy) is 1. The van der Waals surface area contributed by atoms with Crippen molar-refractivity contribution in [2.45, 2.75) is 6.61 Å². The van der Waals surface area contributed by atoms with Crippen LogP contribution < -0.4 is 10.1 Å². The molecular formula is C14H10F3NO2. The van der Waals surface area contributed by atoms with Crippen LogP contribution in [0.1, 0.15) is 10.4 Å². The molecule has 104 valence electrons. The highest BCUT2D eigenvalue weighted by Gasteiger charge is 2.12. The van der Waals surface area contributed by atoms with Gasteiger partial charge in [-0.05, 0) is 30.3 Å². The van der Waals surface area contributed by atoms with Gasteiger partial charge in [-0.25, -0.2) is 4.39 Å². The summed E-state index contributed by atoms with van der Waals surface area (Å²) >= 11 is 0. The normalized spacial score (nSPS) is 10.4. The average Bonchev–Trinajstić information content (AvgIpc) is 2.40. The minimum absolute atomic E-state index is 0.0804. The summed E-state index contributed by atoms with van der Waals surface area (Å²) in [6.45, 7) is -3.00. The molecule has 3 nitrogen and oxygen atoms in total. The van der Waals surface area contributed by atoms with Crippen molar-refractivity contribution in [2.24, 2.45) is 0 Å². The Kier molecular flexibility index (Phi) is 4.24. The molecule has 0 spiro atoms. The van der Waals surface area contributed by atoms with Gasteiger partial charge in [0, 0.05) is 5.56 Å². The molecule has 0 radical (unpaired) electrons. The van der Waals surface area contributed by atoms with Crippen molar-refractivity contribution in [2.75, 3.05) is 5.32 Å². The standard InChI is InChI=1S/C14H10F3NO2/c15-10-5-3-4-9(8-10)13(19)18-11-6-1-2-7-12(11)20-14(16)17/h1-8,14H,(H,18,19). The van der Waals surface area contributed by atoms with Crippen LogP contribution in [0.4, 0.5) is 18.9 Å². The summed E-state index contributed by atoms with van der Waals surface area (Å²) in [6, 6.07) is 10.8. The number of anilines is 1. The Labute approximate surface area is 113 Å². The topological polar surface area (TPSA) is 38.3 Å². The van der Waals surface area contributed by atoms with E-state index in [-0.39, 0.29) is 17.0 Å². The molecule has 0 atom stereocenters. The molecule has 0 aromatic heterocycles. The molecule has 6 heteroatoms. The highest BCUT2D eigenvalue weighted by atomic mass is 19.3. The molecule has 0 fully saturated rings. The average molecular weight is 281 g/mol. The van der Waals surface area contributed by atoms with Gasteiger partial charge in [-0.1, -0.05) is 18.2 Å². The molecule has 0 saturated heterocycles. The third-order valence-corrected chi connectivity index (χ3v) is 2.44. The van der Waals surface area contributed by atoms with Gasteiger partial charge in [-0.3, -0.25) is 4.79 Å². The Bertz CT molecular complexity index is 617. The van der Waals surface area contributed by atoms with Crippen LogP contribution in [0.3, 0.4) is 0 Å². The summed E-state index contributed by atoms with van der Waals surface area (Å²) in [6.07, 6.45) is 0. The van der Waals surface area contributed by atoms with Crippen LogP contribution in [0.5, 0.6) is 5.75 Å². The van der Waals surface area contributed by atoms with E-state index in [4.69, 9.17) is 0 Å². The molecule has 0 heterocycles. The van der Waals surface area contributed by atoms with Crippen molar-refractivity contribution in [1.29, 1.82) is 0 Å². The van der Waals surface area contributed by atoms with Gasteiger partial charge in [0.15, 0.2) is 0 Å². The number of alkyl halides is 2. The summed E-state index contributed by atoms with van der Waals surface area (Å²) in [7, 11) is 0. The Balaban J connectivity index is 2.19. The minimum Gasteiger partial charge on any atom is -0.433 e. The number of benzene rings is 2. The Morgan fingerprint density at radius 1 is 1.10 bits per heavy atom. The Morgan fingerprint density at radius 3 is 2.55 bits per heavy atom. The van der Waals surface area contributed by atoms with Crippen molar-refractivity contribution in [1.82, 2.24) is 0 Å². The van der Waals surface area contributed by atoms with E-state index in [9.17, 15) is 18.0 Å². The fraction of sp³-hybridized carbons (Fsp3) is 0.0714. The van der Waals surface area contributed by atoms with Gasteiger partial charge in [-0.2, -0.15) is 8.78 Å². The lowest BCUT2D eigenvalue weighted by Crippen LogP contribution is -2.14. The first-order valence-corrected chi connectivity index (χ1v) is 5.67. The van der Waals surface area contributed by atoms with Crippen molar-refractivity contribution in [3.05, 3.63) is 59.9 Å². The predicted octanol–water partition coefficient (Wildman–Crippen LogP) is 3.68. The minimum atomic E-state index is -3.00. The van der Waals surface area contributed by atoms with Crippen molar-refractivity contribution in [3.63, 3.8) is 0 Å². The smallest absolute Gasteiger partial charge is 0.387 e. The zero-order valence-electron chi connectivity index (χ0n) is 10.1. The number of rotatable bonds is 4. The summed E-state index contributed by atoms with van der Waals surface area (Å²) in [5, 5.41) is 2.40. The van der Waals surface area contributed by atoms with Crippen molar-refractivity contribution < 1.29 is 22.7 Å². The molecule has 0 aliphatic heterocycles. The van der Waals surface area contributed by atoms with Gasteiger partial charge < -0.3 is 10.1 Å². The maximum Gasteiger partial charge on any atom is 0.387 e. The monoisotopic (exact) mass is 281 g/mol. The van der Waals surface area contributed by atoms with Crippen LogP contribution in [-0.4, -0.2) is 12.5 Å². The molecule has 0 aliphatic carbocycles. The summed E-state index contributed by atoms with van der Waals surface area (Å²) in [4.78, 5) is 11.9. The van der Waals surface area contributed by atoms with Crippen LogP contribution >= 0.6 is 0 Å². The SMILES string of the molecule is O=C(Nc1ccccc1OC(F)F)c1cccc(F)c1. The maximum atomic E-state index is 13.0. The zero-order chi connectivity index (χ0) is 14.5. The first-order chi connectivity index (χ1) is 9.56. The molecule has 0 bridgehead atoms. The summed E-state index contributed by atoms with van der Waals surface area (Å²) in [5.74, 6) is -1.34. The highest BCUT2D eigenvalue weighted by molar-refractivity contribution is 6.05. The van der Waals surface area contributed by atoms with E-state index in [0.29, 0.717) is 0 Å². The van der Waals surface area contributed by atoms with Crippen LogP contribution in [0.25, 0.3) is 0 Å². The molecule has 1 N–H and O–H groups in total. The molecule has 20 heavy (non-hydrogen) atoms. The Morgan fingerprint density at radius 2 is 1.85 bits per heavy atom. The third-order valence-electron chi connectivity index (χ3n) is 2.44. The number of para-hydroxylation sites is 2. The highest BCUT2D eigenvalue weighted by Crippen LogP contribution is 2.26. The number of hydrogen-bond acceptors (Lipinski definition) is 2. The van der Waals surface area contributed by atoms with Gasteiger partial charge in [0.05, 0.1) is 5.69 Å². The second-order valence-corrected chi connectivity index (χ2v) is 3.84. The van der Waals surface area contributed by atoms with Crippen LogP contribution in [0.2, 0.25) is 0 Å². The molecule has 0 aliphatic rings. The lowest BCUT2D eigenvalue weighted by atomic mass is 10.2. The first kappa shape index (κ1) is 13.9. The number of halogens is 3. The van der Waals surface area contributed by atoms with Gasteiger partial charge in [0.2, 0.25) is 0 Å². The number of carbonyl (C=O) groups is 1. The quantitative estimate of drug-likeness (QED) is 0.928. The Hall–Kier alpha value is -2.50. The van der Waals surface area contributed by atoms with E-state index in [1.807, 2.05) is 0 Å². The predicted molar refractivity (Wildman–Crippen MR) is 67.4 cm³/mol. The lowest BCUT2D eigenvalue weighted by Gasteiger charge is -2.11. The molecule has 1 amide bonds. The van der Waals surface area contributed by atoms with E-state index >= 15 is 0 Å². The summed E-state index contributed by atoms with van der Waals surface area (Å²) in [5.41, 5.74) is 0.166. The number of amides is 1. The zero-order valence-corrected chi connectivity index (χ0v) is 10.1. The van der Waals surface area contributed by atoms with Gasteiger partial charge in [0.1, 0.15) is 11.6 Å². The molecule has 0 saturated carbocycles.